The van der Waals surface area contributed by atoms with Crippen molar-refractivity contribution < 1.29 is 14.6 Å². The zero-order chi connectivity index (χ0) is 13.9. The Morgan fingerprint density at radius 2 is 1.94 bits per heavy atom. The molecule has 0 radical (unpaired) electrons. The Balaban J connectivity index is 3.55. The minimum absolute atomic E-state index is 0.0965. The number of carboxylic acids is 1. The molecule has 1 N–H and O–H groups in total. The summed E-state index contributed by atoms with van der Waals surface area (Å²) in [5, 5.41) is 9.19. The molecule has 0 bridgehead atoms. The maximum absolute atomic E-state index is 11.2. The van der Waals surface area contributed by atoms with Gasteiger partial charge in [-0.3, -0.25) is 0 Å². The van der Waals surface area contributed by atoms with Gasteiger partial charge in [-0.05, 0) is 36.0 Å². The van der Waals surface area contributed by atoms with Gasteiger partial charge in [-0.15, -0.1) is 0 Å². The van der Waals surface area contributed by atoms with Crippen molar-refractivity contribution in [2.24, 2.45) is 0 Å². The highest BCUT2D eigenvalue weighted by Crippen LogP contribution is 2.37. The lowest BCUT2D eigenvalue weighted by Gasteiger charge is -2.27. The van der Waals surface area contributed by atoms with E-state index >= 15 is 0 Å². The molecule has 0 aliphatic heterocycles. The Morgan fingerprint density at radius 3 is 2.33 bits per heavy atom. The summed E-state index contributed by atoms with van der Waals surface area (Å²) < 4.78 is 5.50. The van der Waals surface area contributed by atoms with Gasteiger partial charge in [-0.1, -0.05) is 27.7 Å². The lowest BCUT2D eigenvalue weighted by Crippen LogP contribution is -2.18. The van der Waals surface area contributed by atoms with Crippen LogP contribution in [0.1, 0.15) is 55.6 Å². The van der Waals surface area contributed by atoms with E-state index in [0.717, 1.165) is 29.7 Å². The second-order valence-corrected chi connectivity index (χ2v) is 5.11. The Labute approximate surface area is 109 Å². The van der Waals surface area contributed by atoms with Crippen LogP contribution in [-0.2, 0) is 11.8 Å². The first-order valence-corrected chi connectivity index (χ1v) is 6.32. The summed E-state index contributed by atoms with van der Waals surface area (Å²) in [5.74, 6) is -0.0603. The van der Waals surface area contributed by atoms with E-state index < -0.39 is 5.97 Å². The minimum Gasteiger partial charge on any atom is -0.496 e. The molecule has 3 heteroatoms. The Morgan fingerprint density at radius 1 is 1.33 bits per heavy atom. The van der Waals surface area contributed by atoms with E-state index in [9.17, 15) is 9.90 Å². The highest BCUT2D eigenvalue weighted by atomic mass is 16.5. The van der Waals surface area contributed by atoms with Gasteiger partial charge >= 0.3 is 5.97 Å². The van der Waals surface area contributed by atoms with Crippen LogP contribution in [0.15, 0.2) is 12.1 Å². The van der Waals surface area contributed by atoms with Gasteiger partial charge in [0, 0.05) is 5.56 Å². The number of ether oxygens (including phenoxy) is 1. The predicted molar refractivity (Wildman–Crippen MR) is 72.6 cm³/mol. The van der Waals surface area contributed by atoms with Gasteiger partial charge in [0.25, 0.3) is 0 Å². The number of rotatable bonds is 5. The maximum Gasteiger partial charge on any atom is 0.335 e. The monoisotopic (exact) mass is 250 g/mol. The molecular formula is C15H22O3. The number of hydrogen-bond donors (Lipinski definition) is 1. The Kier molecular flexibility index (Phi) is 4.38. The molecule has 18 heavy (non-hydrogen) atoms. The molecule has 0 fully saturated rings. The second-order valence-electron chi connectivity index (χ2n) is 5.11. The zero-order valence-corrected chi connectivity index (χ0v) is 11.8. The summed E-state index contributed by atoms with van der Waals surface area (Å²) in [6, 6.07) is 3.44. The number of benzene rings is 1. The van der Waals surface area contributed by atoms with Crippen molar-refractivity contribution in [3.05, 3.63) is 28.8 Å². The topological polar surface area (TPSA) is 46.5 Å². The minimum atomic E-state index is -0.888. The first-order valence-electron chi connectivity index (χ1n) is 6.32. The third-order valence-electron chi connectivity index (χ3n) is 3.61. The summed E-state index contributed by atoms with van der Waals surface area (Å²) in [6.45, 7) is 8.32. The molecule has 1 rings (SSSR count). The van der Waals surface area contributed by atoms with Gasteiger partial charge in [0.1, 0.15) is 5.75 Å². The molecule has 3 nitrogen and oxygen atoms in total. The van der Waals surface area contributed by atoms with Crippen LogP contribution < -0.4 is 4.74 Å². The second kappa shape index (κ2) is 5.42. The standard InChI is InChI=1S/C15H22O3/c1-6-10-8-11(14(16)17)9-12(13(10)18-5)15(3,4)7-2/h8-9H,6-7H2,1-5H3,(H,16,17). The highest BCUT2D eigenvalue weighted by Gasteiger charge is 2.25. The van der Waals surface area contributed by atoms with Crippen molar-refractivity contribution in [1.82, 2.24) is 0 Å². The summed E-state index contributed by atoms with van der Waals surface area (Å²) in [5.41, 5.74) is 2.17. The number of hydrogen-bond acceptors (Lipinski definition) is 2. The summed E-state index contributed by atoms with van der Waals surface area (Å²) in [7, 11) is 1.64. The molecule has 0 aliphatic carbocycles. The van der Waals surface area contributed by atoms with Gasteiger partial charge in [-0.25, -0.2) is 4.79 Å². The third kappa shape index (κ3) is 2.66. The van der Waals surface area contributed by atoms with Crippen LogP contribution in [0.25, 0.3) is 0 Å². The van der Waals surface area contributed by atoms with Crippen molar-refractivity contribution in [2.75, 3.05) is 7.11 Å². The number of carbonyl (C=O) groups is 1. The Hall–Kier alpha value is -1.51. The molecule has 0 aliphatic rings. The van der Waals surface area contributed by atoms with Crippen LogP contribution in [0, 0.1) is 0 Å². The summed E-state index contributed by atoms with van der Waals surface area (Å²) >= 11 is 0. The molecule has 1 aromatic carbocycles. The maximum atomic E-state index is 11.2. The van der Waals surface area contributed by atoms with Crippen LogP contribution in [0.2, 0.25) is 0 Å². The van der Waals surface area contributed by atoms with Gasteiger partial charge in [0.05, 0.1) is 12.7 Å². The molecule has 100 valence electrons. The number of aryl methyl sites for hydroxylation is 1. The SMILES string of the molecule is CCc1cc(C(=O)O)cc(C(C)(C)CC)c1OC. The van der Waals surface area contributed by atoms with Crippen LogP contribution in [0.4, 0.5) is 0 Å². The van der Waals surface area contributed by atoms with E-state index in [1.54, 1.807) is 19.2 Å². The quantitative estimate of drug-likeness (QED) is 0.867. The molecule has 0 spiro atoms. The third-order valence-corrected chi connectivity index (χ3v) is 3.61. The number of aromatic carboxylic acids is 1. The molecule has 0 saturated heterocycles. The molecule has 0 atom stereocenters. The van der Waals surface area contributed by atoms with Crippen LogP contribution in [0.5, 0.6) is 5.75 Å². The van der Waals surface area contributed by atoms with E-state index in [1.807, 2.05) is 6.92 Å². The molecule has 1 aromatic rings. The fourth-order valence-corrected chi connectivity index (χ4v) is 2.01. The molecule has 0 heterocycles. The van der Waals surface area contributed by atoms with Crippen LogP contribution in [-0.4, -0.2) is 18.2 Å². The molecule has 0 aromatic heterocycles. The fraction of sp³-hybridized carbons (Fsp3) is 0.533. The average Bonchev–Trinajstić information content (AvgIpc) is 2.36. The van der Waals surface area contributed by atoms with E-state index in [-0.39, 0.29) is 5.41 Å². The Bertz CT molecular complexity index is 447. The predicted octanol–water partition coefficient (Wildman–Crippen LogP) is 3.64. The lowest BCUT2D eigenvalue weighted by atomic mass is 9.79. The number of methoxy groups -OCH3 is 1. The lowest BCUT2D eigenvalue weighted by molar-refractivity contribution is 0.0696. The van der Waals surface area contributed by atoms with E-state index in [1.165, 1.54) is 0 Å². The number of carboxylic acid groups (broad SMARTS) is 1. The van der Waals surface area contributed by atoms with Crippen molar-refractivity contribution in [2.45, 2.75) is 46.0 Å². The van der Waals surface area contributed by atoms with Gasteiger partial charge in [0.15, 0.2) is 0 Å². The highest BCUT2D eigenvalue weighted by molar-refractivity contribution is 5.88. The molecule has 0 saturated carbocycles. The smallest absolute Gasteiger partial charge is 0.335 e. The van der Waals surface area contributed by atoms with Gasteiger partial charge < -0.3 is 9.84 Å². The van der Waals surface area contributed by atoms with Crippen molar-refractivity contribution in [3.63, 3.8) is 0 Å². The molecule has 0 unspecified atom stereocenters. The van der Waals surface area contributed by atoms with Crippen molar-refractivity contribution in [3.8, 4) is 5.75 Å². The average molecular weight is 250 g/mol. The van der Waals surface area contributed by atoms with Crippen LogP contribution in [0.3, 0.4) is 0 Å². The van der Waals surface area contributed by atoms with Crippen LogP contribution >= 0.6 is 0 Å². The normalized spacial score (nSPS) is 11.4. The fourth-order valence-electron chi connectivity index (χ4n) is 2.01. The van der Waals surface area contributed by atoms with E-state index in [4.69, 9.17) is 4.74 Å². The summed E-state index contributed by atoms with van der Waals surface area (Å²) in [4.78, 5) is 11.2. The van der Waals surface area contributed by atoms with E-state index in [0.29, 0.717) is 5.56 Å². The zero-order valence-electron chi connectivity index (χ0n) is 11.8. The first-order chi connectivity index (χ1) is 8.37. The van der Waals surface area contributed by atoms with Crippen molar-refractivity contribution >= 4 is 5.97 Å². The molecular weight excluding hydrogens is 228 g/mol. The molecule has 0 amide bonds. The first kappa shape index (κ1) is 14.6. The largest absolute Gasteiger partial charge is 0.496 e. The van der Waals surface area contributed by atoms with Crippen molar-refractivity contribution in [1.29, 1.82) is 0 Å². The van der Waals surface area contributed by atoms with Gasteiger partial charge in [0.2, 0.25) is 0 Å². The van der Waals surface area contributed by atoms with Gasteiger partial charge in [-0.2, -0.15) is 0 Å². The summed E-state index contributed by atoms with van der Waals surface area (Å²) in [6.07, 6.45) is 1.69. The van der Waals surface area contributed by atoms with E-state index in [2.05, 4.69) is 20.8 Å².